The summed E-state index contributed by atoms with van der Waals surface area (Å²) in [5, 5.41) is 3.69. The maximum Gasteiger partial charge on any atom is 0.265 e. The van der Waals surface area contributed by atoms with Crippen molar-refractivity contribution in [1.29, 1.82) is 0 Å². The number of hydrogen-bond acceptors (Lipinski definition) is 3. The molecule has 1 heterocycles. The van der Waals surface area contributed by atoms with Gasteiger partial charge in [0.1, 0.15) is 10.7 Å². The van der Waals surface area contributed by atoms with Crippen LogP contribution in [-0.4, -0.2) is 18.3 Å². The van der Waals surface area contributed by atoms with Gasteiger partial charge in [-0.2, -0.15) is 0 Å². The lowest BCUT2D eigenvalue weighted by molar-refractivity contribution is -0.112. The second-order valence-electron chi connectivity index (χ2n) is 3.66. The van der Waals surface area contributed by atoms with Crippen molar-refractivity contribution >= 4 is 46.6 Å². The Balaban J connectivity index is 2.16. The lowest BCUT2D eigenvalue weighted by atomic mass is 10.3. The average Bonchev–Trinajstić information content (AvgIpc) is 2.33. The number of nitrogens with one attached hydrogen (secondary N) is 1. The number of allylic oxidation sites excluding steroid dienone is 1. The molecule has 1 N–H and O–H groups in total. The molecule has 0 unspecified atom stereocenters. The van der Waals surface area contributed by atoms with Gasteiger partial charge in [-0.05, 0) is 25.1 Å². The molecule has 0 fully saturated rings. The van der Waals surface area contributed by atoms with E-state index in [0.29, 0.717) is 33.0 Å². The fourth-order valence-corrected chi connectivity index (χ4v) is 2.77. The van der Waals surface area contributed by atoms with Crippen LogP contribution < -0.4 is 5.32 Å². The topological polar surface area (TPSA) is 38.3 Å². The van der Waals surface area contributed by atoms with Crippen molar-refractivity contribution in [2.45, 2.75) is 6.92 Å². The largest absolute Gasteiger partial charge is 0.496 e. The summed E-state index contributed by atoms with van der Waals surface area (Å²) < 4.78 is 5.34. The van der Waals surface area contributed by atoms with E-state index in [9.17, 15) is 4.79 Å². The van der Waals surface area contributed by atoms with E-state index < -0.39 is 0 Å². The van der Waals surface area contributed by atoms with Gasteiger partial charge in [0.25, 0.3) is 5.91 Å². The molecule has 1 amide bonds. The number of thioether (sulfide) groups is 1. The number of anilines is 1. The summed E-state index contributed by atoms with van der Waals surface area (Å²) in [5.41, 5.74) is 0.539. The Morgan fingerprint density at radius 1 is 1.44 bits per heavy atom. The predicted molar refractivity (Wildman–Crippen MR) is 76.2 cm³/mol. The van der Waals surface area contributed by atoms with E-state index in [2.05, 4.69) is 5.32 Å². The van der Waals surface area contributed by atoms with Crippen molar-refractivity contribution in [1.82, 2.24) is 0 Å². The number of benzene rings is 1. The lowest BCUT2D eigenvalue weighted by Crippen LogP contribution is -2.18. The monoisotopic (exact) mass is 303 g/mol. The van der Waals surface area contributed by atoms with Crippen LogP contribution in [-0.2, 0) is 9.53 Å². The van der Waals surface area contributed by atoms with Gasteiger partial charge in [-0.25, -0.2) is 0 Å². The maximum absolute atomic E-state index is 12.1. The Morgan fingerprint density at radius 2 is 2.22 bits per heavy atom. The van der Waals surface area contributed by atoms with Gasteiger partial charge < -0.3 is 10.1 Å². The van der Waals surface area contributed by atoms with Crippen LogP contribution in [0.3, 0.4) is 0 Å². The summed E-state index contributed by atoms with van der Waals surface area (Å²) in [6, 6.07) is 4.94. The molecule has 0 bridgehead atoms. The van der Waals surface area contributed by atoms with Gasteiger partial charge in [-0.3, -0.25) is 4.79 Å². The van der Waals surface area contributed by atoms with Crippen LogP contribution in [0.1, 0.15) is 6.92 Å². The minimum Gasteiger partial charge on any atom is -0.496 e. The van der Waals surface area contributed by atoms with E-state index in [1.807, 2.05) is 0 Å². The zero-order valence-corrected chi connectivity index (χ0v) is 12.0. The van der Waals surface area contributed by atoms with Gasteiger partial charge in [0.15, 0.2) is 0 Å². The fraction of sp³-hybridized carbons (Fsp3) is 0.250. The van der Waals surface area contributed by atoms with Crippen LogP contribution in [0.15, 0.2) is 28.9 Å². The quantitative estimate of drug-likeness (QED) is 0.899. The highest BCUT2D eigenvalue weighted by atomic mass is 35.5. The summed E-state index contributed by atoms with van der Waals surface area (Å²) in [6.07, 6.45) is 0. The van der Waals surface area contributed by atoms with Crippen LogP contribution in [0.5, 0.6) is 0 Å². The highest BCUT2D eigenvalue weighted by Gasteiger charge is 2.19. The SMILES string of the molecule is CC1=C(C(=O)Nc2ccc(Cl)cc2Cl)SCCO1. The lowest BCUT2D eigenvalue weighted by Gasteiger charge is -2.18. The highest BCUT2D eigenvalue weighted by molar-refractivity contribution is 8.04. The standard InChI is InChI=1S/C12H11Cl2NO2S/c1-7-11(18-5-4-17-7)12(16)15-10-3-2-8(13)6-9(10)14/h2-3,6H,4-5H2,1H3,(H,15,16). The predicted octanol–water partition coefficient (Wildman–Crippen LogP) is 3.93. The van der Waals surface area contributed by atoms with Gasteiger partial charge in [-0.1, -0.05) is 23.2 Å². The third-order valence-corrected chi connectivity index (χ3v) is 4.03. The molecule has 6 heteroatoms. The van der Waals surface area contributed by atoms with E-state index in [-0.39, 0.29) is 5.91 Å². The summed E-state index contributed by atoms with van der Waals surface area (Å²) in [5.74, 6) is 1.21. The van der Waals surface area contributed by atoms with Crippen LogP contribution in [0, 0.1) is 0 Å². The van der Waals surface area contributed by atoms with Crippen molar-refractivity contribution in [3.8, 4) is 0 Å². The van der Waals surface area contributed by atoms with Gasteiger partial charge >= 0.3 is 0 Å². The van der Waals surface area contributed by atoms with E-state index >= 15 is 0 Å². The number of amides is 1. The number of carbonyl (C=O) groups excluding carboxylic acids is 1. The second kappa shape index (κ2) is 5.87. The first-order valence-electron chi connectivity index (χ1n) is 5.31. The third kappa shape index (κ3) is 3.13. The fourth-order valence-electron chi connectivity index (χ4n) is 1.50. The van der Waals surface area contributed by atoms with E-state index in [1.165, 1.54) is 11.8 Å². The first-order valence-corrected chi connectivity index (χ1v) is 7.05. The Bertz CT molecular complexity index is 517. The average molecular weight is 304 g/mol. The van der Waals surface area contributed by atoms with Crippen LogP contribution in [0.2, 0.25) is 10.0 Å². The minimum absolute atomic E-state index is 0.207. The molecule has 3 nitrogen and oxygen atoms in total. The number of halogens is 2. The molecular formula is C12H11Cl2NO2S. The molecular weight excluding hydrogens is 293 g/mol. The Kier molecular flexibility index (Phi) is 4.43. The zero-order chi connectivity index (χ0) is 13.1. The first kappa shape index (κ1) is 13.6. The number of hydrogen-bond donors (Lipinski definition) is 1. The van der Waals surface area contributed by atoms with Crippen molar-refractivity contribution in [2.75, 3.05) is 17.7 Å². The number of carbonyl (C=O) groups is 1. The van der Waals surface area contributed by atoms with Crippen molar-refractivity contribution in [2.24, 2.45) is 0 Å². The molecule has 0 aliphatic carbocycles. The van der Waals surface area contributed by atoms with Crippen LogP contribution >= 0.6 is 35.0 Å². The Morgan fingerprint density at radius 3 is 2.89 bits per heavy atom. The van der Waals surface area contributed by atoms with E-state index in [0.717, 1.165) is 5.75 Å². The molecule has 2 rings (SSSR count). The first-order chi connectivity index (χ1) is 8.58. The van der Waals surface area contributed by atoms with Gasteiger partial charge in [0.2, 0.25) is 0 Å². The molecule has 1 aromatic rings. The number of ether oxygens (including phenoxy) is 1. The molecule has 0 aromatic heterocycles. The molecule has 1 aliphatic rings. The van der Waals surface area contributed by atoms with Crippen molar-refractivity contribution < 1.29 is 9.53 Å². The second-order valence-corrected chi connectivity index (χ2v) is 5.61. The van der Waals surface area contributed by atoms with Gasteiger partial charge in [-0.15, -0.1) is 11.8 Å². The molecule has 1 aliphatic heterocycles. The molecule has 0 atom stereocenters. The maximum atomic E-state index is 12.1. The summed E-state index contributed by atoms with van der Waals surface area (Å²) >= 11 is 13.3. The third-order valence-electron chi connectivity index (χ3n) is 2.35. The summed E-state index contributed by atoms with van der Waals surface area (Å²) in [4.78, 5) is 12.6. The number of rotatable bonds is 2. The summed E-state index contributed by atoms with van der Waals surface area (Å²) in [6.45, 7) is 2.42. The molecule has 0 saturated heterocycles. The Hall–Kier alpha value is -0.840. The molecule has 0 spiro atoms. The highest BCUT2D eigenvalue weighted by Crippen LogP contribution is 2.29. The smallest absolute Gasteiger partial charge is 0.265 e. The van der Waals surface area contributed by atoms with Crippen molar-refractivity contribution in [3.63, 3.8) is 0 Å². The minimum atomic E-state index is -0.207. The van der Waals surface area contributed by atoms with E-state index in [1.54, 1.807) is 25.1 Å². The molecule has 18 heavy (non-hydrogen) atoms. The van der Waals surface area contributed by atoms with Gasteiger partial charge in [0.05, 0.1) is 17.3 Å². The van der Waals surface area contributed by atoms with Gasteiger partial charge in [0, 0.05) is 10.8 Å². The molecule has 0 saturated carbocycles. The molecule has 96 valence electrons. The Labute approximate surface area is 119 Å². The van der Waals surface area contributed by atoms with Crippen LogP contribution in [0.25, 0.3) is 0 Å². The molecule has 1 aromatic carbocycles. The van der Waals surface area contributed by atoms with Crippen molar-refractivity contribution in [3.05, 3.63) is 38.9 Å². The molecule has 0 radical (unpaired) electrons. The zero-order valence-electron chi connectivity index (χ0n) is 9.63. The summed E-state index contributed by atoms with van der Waals surface area (Å²) in [7, 11) is 0. The normalized spacial score (nSPS) is 15.3. The van der Waals surface area contributed by atoms with Crippen LogP contribution in [0.4, 0.5) is 5.69 Å². The van der Waals surface area contributed by atoms with E-state index in [4.69, 9.17) is 27.9 Å².